The SMILES string of the molecule is CN=C(NC)Oc1cc2c(cc1C)COB2O. The number of benzene rings is 1. The highest BCUT2D eigenvalue weighted by Crippen LogP contribution is 2.21. The summed E-state index contributed by atoms with van der Waals surface area (Å²) < 4.78 is 10.7. The van der Waals surface area contributed by atoms with Gasteiger partial charge in [-0.2, -0.15) is 0 Å². The van der Waals surface area contributed by atoms with Crippen LogP contribution in [0.2, 0.25) is 0 Å². The Morgan fingerprint density at radius 3 is 3.00 bits per heavy atom. The number of amidine groups is 1. The molecule has 0 amide bonds. The first-order chi connectivity index (χ1) is 8.15. The number of hydrogen-bond donors (Lipinski definition) is 2. The van der Waals surface area contributed by atoms with Crippen LogP contribution in [0.3, 0.4) is 0 Å². The molecule has 0 unspecified atom stereocenters. The van der Waals surface area contributed by atoms with Gasteiger partial charge in [0, 0.05) is 14.1 Å². The molecule has 1 aliphatic heterocycles. The maximum atomic E-state index is 9.62. The van der Waals surface area contributed by atoms with Crippen molar-refractivity contribution < 1.29 is 14.4 Å². The van der Waals surface area contributed by atoms with E-state index >= 15 is 0 Å². The van der Waals surface area contributed by atoms with Crippen LogP contribution in [0.4, 0.5) is 0 Å². The first kappa shape index (κ1) is 11.9. The van der Waals surface area contributed by atoms with Crippen molar-refractivity contribution in [3.05, 3.63) is 23.3 Å². The molecule has 1 heterocycles. The van der Waals surface area contributed by atoms with Gasteiger partial charge >= 0.3 is 7.12 Å². The van der Waals surface area contributed by atoms with Gasteiger partial charge in [-0.25, -0.2) is 4.99 Å². The molecule has 1 aromatic carbocycles. The monoisotopic (exact) mass is 234 g/mol. The van der Waals surface area contributed by atoms with Crippen LogP contribution < -0.4 is 15.5 Å². The van der Waals surface area contributed by atoms with Crippen LogP contribution in [0.15, 0.2) is 17.1 Å². The molecule has 2 rings (SSSR count). The van der Waals surface area contributed by atoms with E-state index in [0.717, 1.165) is 16.6 Å². The molecule has 0 spiro atoms. The molecule has 0 atom stereocenters. The summed E-state index contributed by atoms with van der Waals surface area (Å²) in [5, 5.41) is 12.5. The first-order valence-electron chi connectivity index (χ1n) is 5.41. The van der Waals surface area contributed by atoms with Crippen LogP contribution in [0.1, 0.15) is 11.1 Å². The summed E-state index contributed by atoms with van der Waals surface area (Å²) in [6.07, 6.45) is 0. The second-order valence-corrected chi connectivity index (χ2v) is 3.86. The molecule has 0 aromatic heterocycles. The maximum Gasteiger partial charge on any atom is 0.491 e. The second kappa shape index (κ2) is 4.77. The molecule has 0 bridgehead atoms. The summed E-state index contributed by atoms with van der Waals surface area (Å²) in [5.41, 5.74) is 2.75. The van der Waals surface area contributed by atoms with Crippen molar-refractivity contribution in [1.29, 1.82) is 0 Å². The van der Waals surface area contributed by atoms with Crippen LogP contribution in [-0.2, 0) is 11.3 Å². The van der Waals surface area contributed by atoms with Crippen molar-refractivity contribution >= 4 is 18.6 Å². The highest BCUT2D eigenvalue weighted by Gasteiger charge is 2.28. The van der Waals surface area contributed by atoms with E-state index in [0.29, 0.717) is 18.4 Å². The van der Waals surface area contributed by atoms with Gasteiger partial charge in [-0.1, -0.05) is 6.07 Å². The van der Waals surface area contributed by atoms with Crippen LogP contribution in [0, 0.1) is 6.92 Å². The summed E-state index contributed by atoms with van der Waals surface area (Å²) >= 11 is 0. The predicted molar refractivity (Wildman–Crippen MR) is 66.6 cm³/mol. The quantitative estimate of drug-likeness (QED) is 0.401. The van der Waals surface area contributed by atoms with E-state index in [1.807, 2.05) is 13.0 Å². The number of hydrogen-bond acceptors (Lipinski definition) is 4. The van der Waals surface area contributed by atoms with Gasteiger partial charge in [0.25, 0.3) is 6.02 Å². The number of rotatable bonds is 1. The van der Waals surface area contributed by atoms with Gasteiger partial charge in [0.1, 0.15) is 5.75 Å². The molecule has 0 saturated carbocycles. The van der Waals surface area contributed by atoms with Crippen molar-refractivity contribution in [1.82, 2.24) is 5.32 Å². The molecule has 90 valence electrons. The standard InChI is InChI=1S/C11H15BN2O3/c1-7-4-8-6-16-12(15)9(8)5-10(7)17-11(13-2)14-3/h4-5,15H,6H2,1-3H3,(H,13,14). The van der Waals surface area contributed by atoms with Gasteiger partial charge in [0.2, 0.25) is 0 Å². The third-order valence-electron chi connectivity index (χ3n) is 2.72. The molecule has 0 saturated heterocycles. The lowest BCUT2D eigenvalue weighted by Crippen LogP contribution is -2.29. The van der Waals surface area contributed by atoms with E-state index in [1.165, 1.54) is 0 Å². The lowest BCUT2D eigenvalue weighted by atomic mass is 9.79. The fourth-order valence-electron chi connectivity index (χ4n) is 1.80. The van der Waals surface area contributed by atoms with Gasteiger partial charge < -0.3 is 19.7 Å². The number of ether oxygens (including phenoxy) is 1. The Balaban J connectivity index is 2.32. The van der Waals surface area contributed by atoms with E-state index < -0.39 is 7.12 Å². The van der Waals surface area contributed by atoms with Crippen molar-refractivity contribution in [2.45, 2.75) is 13.5 Å². The van der Waals surface area contributed by atoms with Gasteiger partial charge in [0.15, 0.2) is 0 Å². The minimum absolute atomic E-state index is 0.432. The van der Waals surface area contributed by atoms with Crippen LogP contribution in [0.25, 0.3) is 0 Å². The maximum absolute atomic E-state index is 9.62. The molecule has 0 fully saturated rings. The third kappa shape index (κ3) is 2.27. The molecule has 0 aliphatic carbocycles. The molecule has 2 N–H and O–H groups in total. The van der Waals surface area contributed by atoms with E-state index in [2.05, 4.69) is 10.3 Å². The third-order valence-corrected chi connectivity index (χ3v) is 2.72. The van der Waals surface area contributed by atoms with Crippen LogP contribution in [0.5, 0.6) is 5.75 Å². The van der Waals surface area contributed by atoms with Crippen molar-refractivity contribution in [3.63, 3.8) is 0 Å². The number of fused-ring (bicyclic) bond motifs is 1. The lowest BCUT2D eigenvalue weighted by Gasteiger charge is -2.11. The number of aliphatic imine (C=N–C) groups is 1. The molecule has 1 aromatic rings. The summed E-state index contributed by atoms with van der Waals surface area (Å²) in [6.45, 7) is 2.39. The average molecular weight is 234 g/mol. The number of nitrogens with one attached hydrogen (secondary N) is 1. The minimum atomic E-state index is -0.857. The largest absolute Gasteiger partial charge is 0.491 e. The van der Waals surface area contributed by atoms with Crippen molar-refractivity contribution in [2.75, 3.05) is 14.1 Å². The zero-order valence-corrected chi connectivity index (χ0v) is 10.2. The van der Waals surface area contributed by atoms with E-state index in [4.69, 9.17) is 9.39 Å². The van der Waals surface area contributed by atoms with E-state index in [-0.39, 0.29) is 0 Å². The van der Waals surface area contributed by atoms with E-state index in [1.54, 1.807) is 20.2 Å². The predicted octanol–water partition coefficient (Wildman–Crippen LogP) is -0.203. The summed E-state index contributed by atoms with van der Waals surface area (Å²) in [5.74, 6) is 0.670. The molecular formula is C11H15BN2O3. The Morgan fingerprint density at radius 2 is 2.35 bits per heavy atom. The van der Waals surface area contributed by atoms with E-state index in [9.17, 15) is 5.02 Å². The Kier molecular flexibility index (Phi) is 3.35. The zero-order chi connectivity index (χ0) is 12.4. The molecule has 17 heavy (non-hydrogen) atoms. The van der Waals surface area contributed by atoms with Crippen molar-refractivity contribution in [2.24, 2.45) is 4.99 Å². The van der Waals surface area contributed by atoms with Gasteiger partial charge in [-0.05, 0) is 29.6 Å². The average Bonchev–Trinajstić information content (AvgIpc) is 2.67. The molecular weight excluding hydrogens is 219 g/mol. The number of nitrogens with zero attached hydrogens (tertiary/aromatic N) is 1. The first-order valence-corrected chi connectivity index (χ1v) is 5.41. The van der Waals surface area contributed by atoms with Gasteiger partial charge in [0.05, 0.1) is 6.61 Å². The smallest absolute Gasteiger partial charge is 0.426 e. The van der Waals surface area contributed by atoms with Crippen LogP contribution >= 0.6 is 0 Å². The number of aryl methyl sites for hydroxylation is 1. The highest BCUT2D eigenvalue weighted by molar-refractivity contribution is 6.61. The normalized spacial score (nSPS) is 14.8. The zero-order valence-electron chi connectivity index (χ0n) is 10.2. The Hall–Kier alpha value is -1.53. The molecule has 0 radical (unpaired) electrons. The van der Waals surface area contributed by atoms with Crippen molar-refractivity contribution in [3.8, 4) is 5.75 Å². The van der Waals surface area contributed by atoms with Crippen LogP contribution in [-0.4, -0.2) is 32.3 Å². The lowest BCUT2D eigenvalue weighted by molar-refractivity contribution is 0.275. The highest BCUT2D eigenvalue weighted by atomic mass is 16.5. The molecule has 5 nitrogen and oxygen atoms in total. The fraction of sp³-hybridized carbons (Fsp3) is 0.364. The Morgan fingerprint density at radius 1 is 1.59 bits per heavy atom. The van der Waals surface area contributed by atoms with Gasteiger partial charge in [-0.15, -0.1) is 0 Å². The molecule has 1 aliphatic rings. The topological polar surface area (TPSA) is 63.1 Å². The Bertz CT molecular complexity index is 462. The molecule has 6 heteroatoms. The Labute approximate surface area is 101 Å². The minimum Gasteiger partial charge on any atom is -0.426 e. The summed E-state index contributed by atoms with van der Waals surface area (Å²) in [6, 6.07) is 4.19. The summed E-state index contributed by atoms with van der Waals surface area (Å²) in [4.78, 5) is 3.95. The fourth-order valence-corrected chi connectivity index (χ4v) is 1.80. The van der Waals surface area contributed by atoms with Gasteiger partial charge in [-0.3, -0.25) is 0 Å². The second-order valence-electron chi connectivity index (χ2n) is 3.86. The summed E-state index contributed by atoms with van der Waals surface area (Å²) in [7, 11) is 2.53.